The molecule has 0 aliphatic rings. The zero-order valence-corrected chi connectivity index (χ0v) is 11.3. The van der Waals surface area contributed by atoms with E-state index in [-0.39, 0.29) is 0 Å². The maximum Gasteiger partial charge on any atom is 0.0630 e. The van der Waals surface area contributed by atoms with Gasteiger partial charge in [-0.25, -0.2) is 0 Å². The number of hydrogen-bond donors (Lipinski definition) is 0. The van der Waals surface area contributed by atoms with E-state index in [0.29, 0.717) is 0 Å². The van der Waals surface area contributed by atoms with Crippen LogP contribution in [0.3, 0.4) is 0 Å². The van der Waals surface area contributed by atoms with Crippen molar-refractivity contribution < 1.29 is 4.74 Å². The third-order valence-electron chi connectivity index (χ3n) is 2.44. The van der Waals surface area contributed by atoms with Crippen molar-refractivity contribution in [3.05, 3.63) is 0 Å². The van der Waals surface area contributed by atoms with E-state index < -0.39 is 0 Å². The SMILES string of the molecule is CCC(C)CCCOCPCC(C)C. The first-order valence-electron chi connectivity index (χ1n) is 5.95. The van der Waals surface area contributed by atoms with Crippen molar-refractivity contribution in [2.24, 2.45) is 11.8 Å². The summed E-state index contributed by atoms with van der Waals surface area (Å²) in [6, 6.07) is 0. The van der Waals surface area contributed by atoms with Crippen LogP contribution in [-0.2, 0) is 4.74 Å². The van der Waals surface area contributed by atoms with Gasteiger partial charge in [0, 0.05) is 6.61 Å². The first kappa shape index (κ1) is 14.4. The van der Waals surface area contributed by atoms with Crippen LogP contribution in [0.5, 0.6) is 0 Å². The van der Waals surface area contributed by atoms with E-state index in [1.54, 1.807) is 0 Å². The van der Waals surface area contributed by atoms with Crippen molar-refractivity contribution >= 4 is 8.58 Å². The van der Waals surface area contributed by atoms with Crippen LogP contribution in [0.2, 0.25) is 0 Å². The molecule has 0 heterocycles. The zero-order valence-electron chi connectivity index (χ0n) is 10.3. The van der Waals surface area contributed by atoms with Crippen LogP contribution in [0.15, 0.2) is 0 Å². The second-order valence-corrected chi connectivity index (χ2v) is 5.75. The second-order valence-electron chi connectivity index (χ2n) is 4.56. The molecule has 0 aromatic rings. The summed E-state index contributed by atoms with van der Waals surface area (Å²) >= 11 is 0. The minimum absolute atomic E-state index is 0.831. The van der Waals surface area contributed by atoms with Gasteiger partial charge < -0.3 is 4.74 Å². The molecule has 0 rings (SSSR count). The van der Waals surface area contributed by atoms with Gasteiger partial charge in [0.25, 0.3) is 0 Å². The Balaban J connectivity index is 2.99. The van der Waals surface area contributed by atoms with Crippen molar-refractivity contribution in [2.75, 3.05) is 19.1 Å². The van der Waals surface area contributed by atoms with Crippen LogP contribution in [0, 0.1) is 11.8 Å². The van der Waals surface area contributed by atoms with E-state index in [1.165, 1.54) is 25.4 Å². The quantitative estimate of drug-likeness (QED) is 0.418. The Hall–Kier alpha value is 0.390. The van der Waals surface area contributed by atoms with Crippen LogP contribution in [0.1, 0.15) is 47.0 Å². The molecule has 1 nitrogen and oxygen atoms in total. The molecule has 0 spiro atoms. The topological polar surface area (TPSA) is 9.23 Å². The van der Waals surface area contributed by atoms with E-state index in [1.807, 2.05) is 0 Å². The van der Waals surface area contributed by atoms with E-state index in [2.05, 4.69) is 27.7 Å². The van der Waals surface area contributed by atoms with E-state index in [4.69, 9.17) is 4.74 Å². The Morgan fingerprint density at radius 1 is 1.21 bits per heavy atom. The monoisotopic (exact) mass is 218 g/mol. The summed E-state index contributed by atoms with van der Waals surface area (Å²) < 4.78 is 5.59. The van der Waals surface area contributed by atoms with Gasteiger partial charge in [-0.1, -0.05) is 42.7 Å². The van der Waals surface area contributed by atoms with Crippen LogP contribution in [0.25, 0.3) is 0 Å². The number of ether oxygens (including phenoxy) is 1. The van der Waals surface area contributed by atoms with Crippen molar-refractivity contribution in [1.29, 1.82) is 0 Å². The number of rotatable bonds is 9. The molecular weight excluding hydrogens is 191 g/mol. The average Bonchev–Trinajstić information content (AvgIpc) is 2.15. The number of hydrogen-bond acceptors (Lipinski definition) is 1. The zero-order chi connectivity index (χ0) is 10.8. The van der Waals surface area contributed by atoms with Gasteiger partial charge >= 0.3 is 0 Å². The smallest absolute Gasteiger partial charge is 0.0630 e. The fourth-order valence-corrected chi connectivity index (χ4v) is 2.21. The summed E-state index contributed by atoms with van der Waals surface area (Å²) in [5.41, 5.74) is 0. The lowest BCUT2D eigenvalue weighted by molar-refractivity contribution is 0.171. The van der Waals surface area contributed by atoms with Crippen LogP contribution in [0.4, 0.5) is 0 Å². The highest BCUT2D eigenvalue weighted by molar-refractivity contribution is 7.37. The fraction of sp³-hybridized carbons (Fsp3) is 1.00. The minimum atomic E-state index is 0.831. The predicted octanol–water partition coefficient (Wildman–Crippen LogP) is 4.12. The molecule has 0 amide bonds. The van der Waals surface area contributed by atoms with E-state index in [9.17, 15) is 0 Å². The molecule has 2 atom stereocenters. The Labute approximate surface area is 91.8 Å². The van der Waals surface area contributed by atoms with Crippen molar-refractivity contribution in [2.45, 2.75) is 47.0 Å². The van der Waals surface area contributed by atoms with Gasteiger partial charge in [-0.05, 0) is 30.8 Å². The Morgan fingerprint density at radius 3 is 2.50 bits per heavy atom. The fourth-order valence-electron chi connectivity index (χ4n) is 1.23. The maximum atomic E-state index is 5.59. The first-order valence-corrected chi connectivity index (χ1v) is 7.36. The highest BCUT2D eigenvalue weighted by Gasteiger charge is 1.98. The normalized spacial score (nSPS) is 14.4. The van der Waals surface area contributed by atoms with Gasteiger partial charge in [0.05, 0.1) is 6.35 Å². The van der Waals surface area contributed by atoms with Crippen LogP contribution < -0.4 is 0 Å². The molecule has 0 aromatic heterocycles. The third kappa shape index (κ3) is 10.5. The Kier molecular flexibility index (Phi) is 10.2. The first-order chi connectivity index (χ1) is 6.66. The van der Waals surface area contributed by atoms with Crippen LogP contribution in [-0.4, -0.2) is 19.1 Å². The molecule has 0 aliphatic heterocycles. The Bertz CT molecular complexity index is 115. The summed E-state index contributed by atoms with van der Waals surface area (Å²) in [7, 11) is 0.996. The molecule has 86 valence electrons. The van der Waals surface area contributed by atoms with Gasteiger partial charge in [0.2, 0.25) is 0 Å². The third-order valence-corrected chi connectivity index (χ3v) is 3.95. The Morgan fingerprint density at radius 2 is 1.93 bits per heavy atom. The molecule has 0 saturated heterocycles. The highest BCUT2D eigenvalue weighted by Crippen LogP contribution is 2.15. The van der Waals surface area contributed by atoms with E-state index >= 15 is 0 Å². The molecule has 0 radical (unpaired) electrons. The van der Waals surface area contributed by atoms with Crippen molar-refractivity contribution in [3.63, 3.8) is 0 Å². The molecular formula is C12H27OP. The van der Waals surface area contributed by atoms with Gasteiger partial charge in [-0.2, -0.15) is 0 Å². The summed E-state index contributed by atoms with van der Waals surface area (Å²) in [6.45, 7) is 10.1. The van der Waals surface area contributed by atoms with Gasteiger partial charge in [0.1, 0.15) is 0 Å². The molecule has 14 heavy (non-hydrogen) atoms. The predicted molar refractivity (Wildman–Crippen MR) is 67.5 cm³/mol. The summed E-state index contributed by atoms with van der Waals surface area (Å²) in [6.07, 6.45) is 6.17. The van der Waals surface area contributed by atoms with Crippen LogP contribution >= 0.6 is 8.58 Å². The van der Waals surface area contributed by atoms with Gasteiger partial charge in [-0.15, -0.1) is 0 Å². The second kappa shape index (κ2) is 9.93. The summed E-state index contributed by atoms with van der Waals surface area (Å²) in [5, 5.41) is 0. The lowest BCUT2D eigenvalue weighted by Crippen LogP contribution is -1.99. The largest absolute Gasteiger partial charge is 0.377 e. The van der Waals surface area contributed by atoms with Crippen molar-refractivity contribution in [3.8, 4) is 0 Å². The highest BCUT2D eigenvalue weighted by atomic mass is 31.1. The maximum absolute atomic E-state index is 5.59. The molecule has 0 N–H and O–H groups in total. The van der Waals surface area contributed by atoms with Crippen molar-refractivity contribution in [1.82, 2.24) is 0 Å². The molecule has 0 fully saturated rings. The van der Waals surface area contributed by atoms with Gasteiger partial charge in [0.15, 0.2) is 0 Å². The standard InChI is InChI=1S/C12H27OP/c1-5-12(4)7-6-8-13-10-14-9-11(2)3/h11-12,14H,5-10H2,1-4H3. The molecule has 2 heteroatoms. The molecule has 2 unspecified atom stereocenters. The molecule has 0 aromatic carbocycles. The van der Waals surface area contributed by atoms with E-state index in [0.717, 1.165) is 33.4 Å². The molecule has 0 bridgehead atoms. The molecule has 0 saturated carbocycles. The average molecular weight is 218 g/mol. The lowest BCUT2D eigenvalue weighted by Gasteiger charge is -2.09. The molecule has 0 aliphatic carbocycles. The summed E-state index contributed by atoms with van der Waals surface area (Å²) in [5.74, 6) is 1.70. The lowest BCUT2D eigenvalue weighted by atomic mass is 10.0. The summed E-state index contributed by atoms with van der Waals surface area (Å²) in [4.78, 5) is 0. The van der Waals surface area contributed by atoms with Gasteiger partial charge in [-0.3, -0.25) is 0 Å². The minimum Gasteiger partial charge on any atom is -0.377 e.